The quantitative estimate of drug-likeness (QED) is 0.211. The Kier molecular flexibility index (Phi) is 7.68. The van der Waals surface area contributed by atoms with Gasteiger partial charge in [-0.2, -0.15) is 18.2 Å². The van der Waals surface area contributed by atoms with Crippen LogP contribution in [0.4, 0.5) is 19.1 Å². The maximum absolute atomic E-state index is 13.1. The van der Waals surface area contributed by atoms with Crippen molar-refractivity contribution in [3.05, 3.63) is 10.4 Å². The number of hydrogen-bond acceptors (Lipinski definition) is 8. The van der Waals surface area contributed by atoms with E-state index < -0.39 is 12.1 Å². The van der Waals surface area contributed by atoms with Gasteiger partial charge in [-0.3, -0.25) is 13.9 Å². The molecule has 1 fully saturated rings. The number of ether oxygens (including phenoxy) is 1. The molecule has 2 aromatic heterocycles. The number of fused-ring (bicyclic) bond motifs is 1. The first-order valence-electron chi connectivity index (χ1n) is 9.93. The number of anilines is 1. The number of piperazine rings is 1. The van der Waals surface area contributed by atoms with Gasteiger partial charge >= 0.3 is 12.1 Å². The summed E-state index contributed by atoms with van der Waals surface area (Å²) in [6, 6.07) is 0. The molecule has 1 aliphatic heterocycles. The first kappa shape index (κ1) is 23.9. The summed E-state index contributed by atoms with van der Waals surface area (Å²) < 4.78 is 43.8. The summed E-state index contributed by atoms with van der Waals surface area (Å²) in [4.78, 5) is 35.0. The van der Waals surface area contributed by atoms with Crippen LogP contribution in [0.3, 0.4) is 0 Å². The second-order valence-electron chi connectivity index (χ2n) is 6.93. The number of esters is 1. The Morgan fingerprint density at radius 2 is 2.00 bits per heavy atom. The lowest BCUT2D eigenvalue weighted by atomic mass is 10.4. The monoisotopic (exact) mass is 472 g/mol. The van der Waals surface area contributed by atoms with Crippen molar-refractivity contribution in [2.75, 3.05) is 43.4 Å². The maximum Gasteiger partial charge on any atom is 0.490 e. The van der Waals surface area contributed by atoms with E-state index in [0.29, 0.717) is 34.6 Å². The Balaban J connectivity index is 1.80. The van der Waals surface area contributed by atoms with Gasteiger partial charge in [-0.1, -0.05) is 17.7 Å². The lowest BCUT2D eigenvalue weighted by Crippen LogP contribution is -2.44. The van der Waals surface area contributed by atoms with Crippen molar-refractivity contribution in [1.82, 2.24) is 24.4 Å². The molecule has 13 heteroatoms. The summed E-state index contributed by atoms with van der Waals surface area (Å²) in [5.41, 5.74) is 0.366. The molecule has 0 bridgehead atoms. The van der Waals surface area contributed by atoms with Crippen LogP contribution in [0.15, 0.2) is 9.95 Å². The molecule has 32 heavy (non-hydrogen) atoms. The third kappa shape index (κ3) is 5.36. The zero-order valence-electron chi connectivity index (χ0n) is 17.7. The van der Waals surface area contributed by atoms with Crippen molar-refractivity contribution in [2.45, 2.75) is 31.2 Å². The predicted molar refractivity (Wildman–Crippen MR) is 114 cm³/mol. The van der Waals surface area contributed by atoms with E-state index in [4.69, 9.17) is 0 Å². The highest BCUT2D eigenvalue weighted by molar-refractivity contribution is 7.99. The highest BCUT2D eigenvalue weighted by Gasteiger charge is 2.40. The van der Waals surface area contributed by atoms with Gasteiger partial charge in [0, 0.05) is 39.0 Å². The lowest BCUT2D eigenvalue weighted by molar-refractivity contribution is -0.199. The molecule has 1 aliphatic rings. The number of imidazole rings is 1. The molecule has 0 radical (unpaired) electrons. The second-order valence-corrected chi connectivity index (χ2v) is 7.99. The first-order chi connectivity index (χ1) is 15.2. The fourth-order valence-corrected chi connectivity index (χ4v) is 4.01. The number of thioether (sulfide) groups is 1. The van der Waals surface area contributed by atoms with Crippen molar-refractivity contribution in [2.24, 2.45) is 7.05 Å². The number of rotatable bonds is 7. The van der Waals surface area contributed by atoms with E-state index in [0.717, 1.165) is 26.2 Å². The Morgan fingerprint density at radius 1 is 1.28 bits per heavy atom. The van der Waals surface area contributed by atoms with Gasteiger partial charge in [0.2, 0.25) is 5.95 Å². The molecule has 0 amide bonds. The predicted octanol–water partition coefficient (Wildman–Crippen LogP) is 1.15. The third-order valence-electron chi connectivity index (χ3n) is 4.72. The highest BCUT2D eigenvalue weighted by atomic mass is 32.2. The van der Waals surface area contributed by atoms with Crippen LogP contribution >= 0.6 is 11.8 Å². The Labute approximate surface area is 186 Å². The van der Waals surface area contributed by atoms with E-state index >= 15 is 0 Å². The van der Waals surface area contributed by atoms with Crippen LogP contribution in [0.1, 0.15) is 13.3 Å². The van der Waals surface area contributed by atoms with Crippen molar-refractivity contribution in [3.63, 3.8) is 0 Å². The van der Waals surface area contributed by atoms with E-state index in [2.05, 4.69) is 36.8 Å². The molecule has 174 valence electrons. The van der Waals surface area contributed by atoms with E-state index in [1.807, 2.05) is 0 Å². The topological polar surface area (TPSA) is 94.3 Å². The van der Waals surface area contributed by atoms with Gasteiger partial charge in [0.1, 0.15) is 0 Å². The standard InChI is InChI=1S/C19H23F3N6O3S/c1-3-4-8-28-13-14(24-17(28)27-9-6-23-7-10-27)25-18(26(2)15(13)29)32-12-5-11-31-16(30)19(20,21)22/h23H,5-12H2,1-2H3. The zero-order valence-corrected chi connectivity index (χ0v) is 18.5. The maximum atomic E-state index is 13.1. The largest absolute Gasteiger partial charge is 0.490 e. The molecule has 1 N–H and O–H groups in total. The lowest BCUT2D eigenvalue weighted by Gasteiger charge is -2.28. The number of carbonyl (C=O) groups is 1. The molecule has 0 aromatic carbocycles. The van der Waals surface area contributed by atoms with Crippen LogP contribution in [0.2, 0.25) is 0 Å². The van der Waals surface area contributed by atoms with Crippen LogP contribution in [-0.4, -0.2) is 69.8 Å². The van der Waals surface area contributed by atoms with Crippen LogP contribution in [-0.2, 0) is 23.1 Å². The van der Waals surface area contributed by atoms with Gasteiger partial charge in [-0.15, -0.1) is 5.92 Å². The van der Waals surface area contributed by atoms with Crippen molar-refractivity contribution in [1.29, 1.82) is 0 Å². The number of alkyl halides is 3. The zero-order chi connectivity index (χ0) is 23.3. The summed E-state index contributed by atoms with van der Waals surface area (Å²) in [7, 11) is 1.58. The van der Waals surface area contributed by atoms with Crippen LogP contribution in [0.5, 0.6) is 0 Å². The molecule has 3 rings (SSSR count). The van der Waals surface area contributed by atoms with E-state index in [1.165, 1.54) is 16.3 Å². The number of halogens is 3. The highest BCUT2D eigenvalue weighted by Crippen LogP contribution is 2.23. The average Bonchev–Trinajstić information content (AvgIpc) is 3.13. The first-order valence-corrected chi connectivity index (χ1v) is 10.9. The number of hydrogen-bond donors (Lipinski definition) is 1. The summed E-state index contributed by atoms with van der Waals surface area (Å²) in [5, 5.41) is 3.65. The van der Waals surface area contributed by atoms with Gasteiger partial charge in [0.15, 0.2) is 16.3 Å². The van der Waals surface area contributed by atoms with Gasteiger partial charge in [0.05, 0.1) is 13.2 Å². The Hall–Kier alpha value is -2.72. The number of aromatic nitrogens is 4. The number of nitrogens with one attached hydrogen (secondary N) is 1. The molecule has 0 aliphatic carbocycles. The van der Waals surface area contributed by atoms with E-state index in [-0.39, 0.29) is 18.6 Å². The molecule has 0 unspecified atom stereocenters. The van der Waals surface area contributed by atoms with Crippen LogP contribution < -0.4 is 15.8 Å². The summed E-state index contributed by atoms with van der Waals surface area (Å²) in [6.45, 7) is 4.73. The molecule has 2 aromatic rings. The molecule has 0 atom stereocenters. The molecule has 3 heterocycles. The Morgan fingerprint density at radius 3 is 2.66 bits per heavy atom. The molecule has 0 spiro atoms. The minimum absolute atomic E-state index is 0.174. The molecule has 1 saturated heterocycles. The van der Waals surface area contributed by atoms with Crippen molar-refractivity contribution in [3.8, 4) is 11.8 Å². The summed E-state index contributed by atoms with van der Waals surface area (Å²) >= 11 is 1.18. The van der Waals surface area contributed by atoms with Gasteiger partial charge < -0.3 is 15.0 Å². The van der Waals surface area contributed by atoms with Crippen LogP contribution in [0.25, 0.3) is 11.2 Å². The van der Waals surface area contributed by atoms with Gasteiger partial charge in [0.25, 0.3) is 5.56 Å². The summed E-state index contributed by atoms with van der Waals surface area (Å²) in [6.07, 6.45) is -4.83. The average molecular weight is 472 g/mol. The SMILES string of the molecule is CC#CCn1c(N2CCNCC2)nc2nc(SCCCOC(=O)C(F)(F)F)n(C)c(=O)c21. The third-order valence-corrected chi connectivity index (χ3v) is 5.84. The smallest absolute Gasteiger partial charge is 0.459 e. The molecular weight excluding hydrogens is 449 g/mol. The van der Waals surface area contributed by atoms with E-state index in [1.54, 1.807) is 18.5 Å². The normalized spacial score (nSPS) is 14.3. The van der Waals surface area contributed by atoms with Crippen molar-refractivity contribution < 1.29 is 22.7 Å². The molecular formula is C19H23F3N6O3S. The minimum Gasteiger partial charge on any atom is -0.459 e. The Bertz CT molecular complexity index is 1100. The van der Waals surface area contributed by atoms with Gasteiger partial charge in [-0.25, -0.2) is 9.78 Å². The fourth-order valence-electron chi connectivity index (χ4n) is 3.14. The fraction of sp³-hybridized carbons (Fsp3) is 0.579. The molecule has 9 nitrogen and oxygen atoms in total. The number of nitrogens with zero attached hydrogens (tertiary/aromatic N) is 5. The second kappa shape index (κ2) is 10.3. The minimum atomic E-state index is -5.01. The van der Waals surface area contributed by atoms with Gasteiger partial charge in [-0.05, 0) is 13.3 Å². The van der Waals surface area contributed by atoms with Crippen molar-refractivity contribution >= 4 is 34.8 Å². The number of carbonyl (C=O) groups excluding carboxylic acids is 1. The molecule has 0 saturated carbocycles. The van der Waals surface area contributed by atoms with E-state index in [9.17, 15) is 22.8 Å². The van der Waals surface area contributed by atoms with Crippen LogP contribution in [0, 0.1) is 11.8 Å². The summed E-state index contributed by atoms with van der Waals surface area (Å²) in [5.74, 6) is 4.54.